The van der Waals surface area contributed by atoms with Crippen LogP contribution in [0.2, 0.25) is 0 Å². The van der Waals surface area contributed by atoms with Gasteiger partial charge in [0, 0.05) is 36.6 Å². The van der Waals surface area contributed by atoms with Gasteiger partial charge in [-0.2, -0.15) is 0 Å². The number of hydrogen-bond acceptors (Lipinski definition) is 6. The van der Waals surface area contributed by atoms with Crippen molar-refractivity contribution >= 4 is 5.91 Å². The molecule has 9 heteroatoms. The van der Waals surface area contributed by atoms with Crippen molar-refractivity contribution in [2.45, 2.75) is 6.04 Å². The second-order valence-corrected chi connectivity index (χ2v) is 7.45. The van der Waals surface area contributed by atoms with Gasteiger partial charge in [0.05, 0.1) is 5.69 Å². The van der Waals surface area contributed by atoms with E-state index in [0.29, 0.717) is 17.0 Å². The van der Waals surface area contributed by atoms with Crippen LogP contribution < -0.4 is 15.2 Å². The lowest BCUT2D eigenvalue weighted by molar-refractivity contribution is 0.0701. The van der Waals surface area contributed by atoms with E-state index in [1.165, 1.54) is 34.0 Å². The van der Waals surface area contributed by atoms with Crippen molar-refractivity contribution in [3.05, 3.63) is 100 Å². The average Bonchev–Trinajstić information content (AvgIpc) is 2.82. The molecule has 1 N–H and O–H groups in total. The predicted octanol–water partition coefficient (Wildman–Crippen LogP) is 2.18. The molecule has 3 aromatic rings. The van der Waals surface area contributed by atoms with E-state index in [0.717, 1.165) is 0 Å². The summed E-state index contributed by atoms with van der Waals surface area (Å²) in [4.78, 5) is 31.3. The number of aromatic nitrogens is 2. The third-order valence-corrected chi connectivity index (χ3v) is 5.50. The van der Waals surface area contributed by atoms with Gasteiger partial charge in [-0.1, -0.05) is 12.1 Å². The van der Waals surface area contributed by atoms with Crippen molar-refractivity contribution in [3.8, 4) is 11.5 Å². The number of amides is 1. The molecular weight excluding hydrogens is 415 g/mol. The van der Waals surface area contributed by atoms with Gasteiger partial charge in [-0.15, -0.1) is 0 Å². The summed E-state index contributed by atoms with van der Waals surface area (Å²) in [6, 6.07) is 10.3. The van der Waals surface area contributed by atoms with E-state index in [9.17, 15) is 19.1 Å². The summed E-state index contributed by atoms with van der Waals surface area (Å²) >= 11 is 0. The zero-order valence-electron chi connectivity index (χ0n) is 16.9. The van der Waals surface area contributed by atoms with Crippen LogP contribution in [-0.2, 0) is 0 Å². The SMILES string of the molecule is O=C1c2c(O)c(=O)ccn2N2CN1C/C=C/COc1cc(F)ccc1[C@@H]2c1ccccn1. The van der Waals surface area contributed by atoms with E-state index in [2.05, 4.69) is 4.98 Å². The summed E-state index contributed by atoms with van der Waals surface area (Å²) in [5.74, 6) is -1.20. The monoisotopic (exact) mass is 434 g/mol. The van der Waals surface area contributed by atoms with Gasteiger partial charge in [0.15, 0.2) is 11.4 Å². The zero-order chi connectivity index (χ0) is 22.2. The van der Waals surface area contributed by atoms with Crippen molar-refractivity contribution < 1.29 is 19.0 Å². The average molecular weight is 434 g/mol. The first-order valence-corrected chi connectivity index (χ1v) is 10.0. The van der Waals surface area contributed by atoms with E-state index >= 15 is 0 Å². The van der Waals surface area contributed by atoms with Crippen LogP contribution in [0.3, 0.4) is 0 Å². The topological polar surface area (TPSA) is 87.9 Å². The number of hydrogen-bond donors (Lipinski definition) is 1. The van der Waals surface area contributed by atoms with Gasteiger partial charge >= 0.3 is 0 Å². The Morgan fingerprint density at radius 2 is 2.00 bits per heavy atom. The Hall–Kier alpha value is -4.14. The van der Waals surface area contributed by atoms with Crippen molar-refractivity contribution in [2.75, 3.05) is 24.8 Å². The molecule has 2 aromatic heterocycles. The Balaban J connectivity index is 1.80. The Kier molecular flexibility index (Phi) is 4.85. The van der Waals surface area contributed by atoms with Gasteiger partial charge in [-0.3, -0.25) is 24.3 Å². The van der Waals surface area contributed by atoms with Crippen LogP contribution in [0.4, 0.5) is 4.39 Å². The smallest absolute Gasteiger partial charge is 0.278 e. The van der Waals surface area contributed by atoms with Crippen LogP contribution in [0, 0.1) is 5.82 Å². The molecular formula is C23H19FN4O4. The summed E-state index contributed by atoms with van der Waals surface area (Å²) < 4.78 is 21.4. The first-order valence-electron chi connectivity index (χ1n) is 10.0. The summed E-state index contributed by atoms with van der Waals surface area (Å²) in [6.45, 7) is 0.556. The molecule has 0 saturated heterocycles. The molecule has 0 aliphatic carbocycles. The summed E-state index contributed by atoms with van der Waals surface area (Å²) in [7, 11) is 0. The van der Waals surface area contributed by atoms with Crippen molar-refractivity contribution in [2.24, 2.45) is 0 Å². The second-order valence-electron chi connectivity index (χ2n) is 7.45. The molecule has 0 unspecified atom stereocenters. The van der Waals surface area contributed by atoms with Gasteiger partial charge in [0.25, 0.3) is 5.91 Å². The van der Waals surface area contributed by atoms with E-state index < -0.39 is 28.9 Å². The van der Waals surface area contributed by atoms with Crippen LogP contribution in [0.15, 0.2) is 71.8 Å². The van der Waals surface area contributed by atoms with Gasteiger partial charge in [0.1, 0.15) is 30.9 Å². The number of ether oxygens (including phenoxy) is 1. The molecule has 0 saturated carbocycles. The fourth-order valence-corrected chi connectivity index (χ4v) is 4.01. The maximum atomic E-state index is 14.1. The molecule has 2 aliphatic heterocycles. The number of carbonyl (C=O) groups excluding carboxylic acids is 1. The Labute approximate surface area is 182 Å². The van der Waals surface area contributed by atoms with Crippen LogP contribution >= 0.6 is 0 Å². The minimum absolute atomic E-state index is 0.135. The van der Waals surface area contributed by atoms with E-state index in [4.69, 9.17) is 4.74 Å². The summed E-state index contributed by atoms with van der Waals surface area (Å²) in [5.41, 5.74) is 0.460. The Bertz CT molecular complexity index is 1270. The van der Waals surface area contributed by atoms with Crippen LogP contribution in [0.1, 0.15) is 27.8 Å². The molecule has 32 heavy (non-hydrogen) atoms. The van der Waals surface area contributed by atoms with Crippen LogP contribution in [-0.4, -0.2) is 45.4 Å². The highest BCUT2D eigenvalue weighted by Gasteiger charge is 2.37. The standard InChI is InChI=1S/C23H19FN4O4/c24-15-6-7-16-19(13-15)32-12-4-3-10-26-14-28(20(16)17-5-1-2-9-25-17)27-11-8-18(29)22(30)21(27)23(26)31/h1-9,11,13,20,30H,10,12,14H2/b4-3+/t20-/m1/s1. The fourth-order valence-electron chi connectivity index (χ4n) is 4.01. The quantitative estimate of drug-likeness (QED) is 0.591. The maximum absolute atomic E-state index is 14.1. The Morgan fingerprint density at radius 1 is 1.12 bits per heavy atom. The second kappa shape index (κ2) is 7.84. The molecule has 162 valence electrons. The van der Waals surface area contributed by atoms with Crippen LogP contribution in [0.5, 0.6) is 11.5 Å². The summed E-state index contributed by atoms with van der Waals surface area (Å²) in [5, 5.41) is 12.3. The van der Waals surface area contributed by atoms with Gasteiger partial charge in [0.2, 0.25) is 5.43 Å². The van der Waals surface area contributed by atoms with Gasteiger partial charge in [-0.25, -0.2) is 4.39 Å². The number of carbonyl (C=O) groups is 1. The predicted molar refractivity (Wildman–Crippen MR) is 114 cm³/mol. The molecule has 1 aromatic carbocycles. The molecule has 1 amide bonds. The molecule has 1 atom stereocenters. The highest BCUT2D eigenvalue weighted by Crippen LogP contribution is 2.36. The first kappa shape index (κ1) is 19.8. The third-order valence-electron chi connectivity index (χ3n) is 5.50. The molecule has 2 aliphatic rings. The number of pyridine rings is 2. The van der Waals surface area contributed by atoms with Gasteiger partial charge in [-0.05, 0) is 30.3 Å². The van der Waals surface area contributed by atoms with Crippen LogP contribution in [0.25, 0.3) is 0 Å². The number of fused-ring (bicyclic) bond motifs is 5. The van der Waals surface area contributed by atoms with Crippen molar-refractivity contribution in [1.29, 1.82) is 0 Å². The number of benzene rings is 1. The lowest BCUT2D eigenvalue weighted by Gasteiger charge is -2.43. The zero-order valence-corrected chi connectivity index (χ0v) is 16.9. The van der Waals surface area contributed by atoms with Crippen molar-refractivity contribution in [1.82, 2.24) is 14.6 Å². The molecule has 4 heterocycles. The highest BCUT2D eigenvalue weighted by atomic mass is 19.1. The van der Waals surface area contributed by atoms with Gasteiger partial charge < -0.3 is 14.7 Å². The molecule has 8 nitrogen and oxygen atoms in total. The van der Waals surface area contributed by atoms with E-state index in [1.54, 1.807) is 35.5 Å². The lowest BCUT2D eigenvalue weighted by atomic mass is 10.0. The number of aromatic hydroxyl groups is 1. The summed E-state index contributed by atoms with van der Waals surface area (Å²) in [6.07, 6.45) is 6.58. The molecule has 0 spiro atoms. The Morgan fingerprint density at radius 3 is 2.81 bits per heavy atom. The molecule has 0 fully saturated rings. The minimum atomic E-state index is -0.647. The maximum Gasteiger partial charge on any atom is 0.278 e. The number of rotatable bonds is 1. The van der Waals surface area contributed by atoms with E-state index in [1.807, 2.05) is 12.1 Å². The molecule has 5 rings (SSSR count). The normalized spacial score (nSPS) is 18.8. The minimum Gasteiger partial charge on any atom is -0.502 e. The van der Waals surface area contributed by atoms with E-state index in [-0.39, 0.29) is 25.5 Å². The highest BCUT2D eigenvalue weighted by molar-refractivity contribution is 5.96. The third kappa shape index (κ3) is 3.27. The lowest BCUT2D eigenvalue weighted by Crippen LogP contribution is -2.55. The molecule has 0 radical (unpaired) electrons. The fraction of sp³-hybridized carbons (Fsp3) is 0.174. The number of halogens is 1. The largest absolute Gasteiger partial charge is 0.502 e. The molecule has 2 bridgehead atoms. The number of nitrogens with zero attached hydrogens (tertiary/aromatic N) is 4. The van der Waals surface area contributed by atoms with Crippen molar-refractivity contribution in [3.63, 3.8) is 0 Å². The first-order chi connectivity index (χ1) is 15.5.